The molecule has 3 aliphatic rings. The number of likely N-dealkylation sites (tertiary alicyclic amines) is 1. The molecule has 0 radical (unpaired) electrons. The Morgan fingerprint density at radius 2 is 1.97 bits per heavy atom. The van der Waals surface area contributed by atoms with Crippen LogP contribution >= 0.6 is 0 Å². The number of carbonyl (C=O) groups is 1. The molecule has 33 heavy (non-hydrogen) atoms. The number of phenols is 1. The fourth-order valence-electron chi connectivity index (χ4n) is 6.28. The molecule has 0 aromatic heterocycles. The lowest BCUT2D eigenvalue weighted by Gasteiger charge is -2.58. The molecular formula is C27H36N2O4. The van der Waals surface area contributed by atoms with E-state index < -0.39 is 12.0 Å². The van der Waals surface area contributed by atoms with E-state index in [9.17, 15) is 4.79 Å². The molecule has 2 aromatic carbocycles. The molecule has 1 saturated heterocycles. The molecule has 4 atom stereocenters. The third kappa shape index (κ3) is 4.73. The number of piperidine rings is 1. The Kier molecular flexibility index (Phi) is 6.96. The van der Waals surface area contributed by atoms with Crippen LogP contribution in [0.3, 0.4) is 0 Å². The van der Waals surface area contributed by atoms with Crippen molar-refractivity contribution < 1.29 is 19.7 Å². The first-order valence-electron chi connectivity index (χ1n) is 12.0. The number of likely N-dealkylation sites (N-methyl/N-ethyl adjacent to an activating group) is 1. The molecule has 2 aromatic rings. The lowest BCUT2D eigenvalue weighted by molar-refractivity contribution is -0.138. The van der Waals surface area contributed by atoms with Gasteiger partial charge in [0.05, 0.1) is 7.11 Å². The van der Waals surface area contributed by atoms with Crippen molar-refractivity contribution in [1.82, 2.24) is 4.90 Å². The third-order valence-electron chi connectivity index (χ3n) is 8.03. The minimum atomic E-state index is -1.02. The largest absolute Gasteiger partial charge is 0.508 e. The summed E-state index contributed by atoms with van der Waals surface area (Å²) in [4.78, 5) is 13.0. The summed E-state index contributed by atoms with van der Waals surface area (Å²) in [5, 5.41) is 17.5. The van der Waals surface area contributed by atoms with Gasteiger partial charge in [-0.15, -0.1) is 0 Å². The summed E-state index contributed by atoms with van der Waals surface area (Å²) < 4.78 is 5.51. The number of ether oxygens (including phenoxy) is 1. The number of hydrogen-bond donors (Lipinski definition) is 3. The second-order valence-electron chi connectivity index (χ2n) is 9.85. The van der Waals surface area contributed by atoms with E-state index in [4.69, 9.17) is 20.7 Å². The van der Waals surface area contributed by atoms with Gasteiger partial charge in [-0.3, -0.25) is 4.79 Å². The lowest BCUT2D eigenvalue weighted by atomic mass is 9.52. The first-order chi connectivity index (χ1) is 15.8. The number of fused-ring (bicyclic) bond motifs is 1. The van der Waals surface area contributed by atoms with Gasteiger partial charge in [0.1, 0.15) is 17.5 Å². The smallest absolute Gasteiger partial charge is 0.320 e. The fourth-order valence-corrected chi connectivity index (χ4v) is 6.28. The average Bonchev–Trinajstić information content (AvgIpc) is 2.83. The standard InChI is InChI=1S/C18H25NO.C9H11NO3/c1-19-10-9-18-8-4-3-5-15(18)17(19)11-13-6-7-14(20-2)12-16(13)18;10-8(9(12)13)5-6-1-3-7(11)4-2-6/h6-7,12,15,17H,3-5,8-11H2,1-2H3;1-4,8,11H,5,10H2,(H,12,13)/t15-,17+,18+;/m1./s1. The van der Waals surface area contributed by atoms with Crippen LogP contribution in [0.5, 0.6) is 11.5 Å². The van der Waals surface area contributed by atoms with Crippen molar-refractivity contribution in [3.05, 3.63) is 59.2 Å². The topological polar surface area (TPSA) is 96.0 Å². The van der Waals surface area contributed by atoms with E-state index >= 15 is 0 Å². The van der Waals surface area contributed by atoms with Crippen LogP contribution in [0.25, 0.3) is 0 Å². The number of aromatic hydroxyl groups is 1. The van der Waals surface area contributed by atoms with Crippen LogP contribution in [-0.4, -0.2) is 53.9 Å². The number of carboxylic acids is 1. The van der Waals surface area contributed by atoms with Gasteiger partial charge in [-0.1, -0.05) is 31.0 Å². The number of phenolic OH excluding ortho intramolecular Hbond substituents is 1. The summed E-state index contributed by atoms with van der Waals surface area (Å²) in [6, 6.07) is 13.0. The number of hydrogen-bond acceptors (Lipinski definition) is 5. The Bertz CT molecular complexity index is 977. The zero-order valence-corrected chi connectivity index (χ0v) is 19.7. The maximum Gasteiger partial charge on any atom is 0.320 e. The van der Waals surface area contributed by atoms with Crippen molar-refractivity contribution in [1.29, 1.82) is 0 Å². The lowest BCUT2D eigenvalue weighted by Crippen LogP contribution is -2.59. The normalized spacial score (nSPS) is 26.8. The molecule has 1 heterocycles. The second-order valence-corrected chi connectivity index (χ2v) is 9.85. The predicted octanol–water partition coefficient (Wildman–Crippen LogP) is 3.73. The van der Waals surface area contributed by atoms with E-state index in [1.165, 1.54) is 57.2 Å². The molecule has 2 bridgehead atoms. The summed E-state index contributed by atoms with van der Waals surface area (Å²) in [7, 11) is 4.12. The number of rotatable bonds is 4. The summed E-state index contributed by atoms with van der Waals surface area (Å²) in [6.45, 7) is 1.26. The van der Waals surface area contributed by atoms with Crippen LogP contribution in [-0.2, 0) is 23.1 Å². The quantitative estimate of drug-likeness (QED) is 0.654. The van der Waals surface area contributed by atoms with Crippen molar-refractivity contribution >= 4 is 5.97 Å². The third-order valence-corrected chi connectivity index (χ3v) is 8.03. The SMILES string of the molecule is COc1ccc2c(c1)[C@]13CCCC[C@@H]1[C@H](C2)N(C)CC3.NC(Cc1ccc(O)cc1)C(=O)O. The van der Waals surface area contributed by atoms with Gasteiger partial charge in [-0.05, 0) is 92.6 Å². The van der Waals surface area contributed by atoms with Gasteiger partial charge >= 0.3 is 5.97 Å². The highest BCUT2D eigenvalue weighted by atomic mass is 16.5. The monoisotopic (exact) mass is 452 g/mol. The zero-order chi connectivity index (χ0) is 23.6. The van der Waals surface area contributed by atoms with Crippen LogP contribution < -0.4 is 10.5 Å². The van der Waals surface area contributed by atoms with Crippen molar-refractivity contribution in [3.8, 4) is 11.5 Å². The summed E-state index contributed by atoms with van der Waals surface area (Å²) in [6.07, 6.45) is 8.50. The zero-order valence-electron chi connectivity index (χ0n) is 19.7. The van der Waals surface area contributed by atoms with Crippen LogP contribution in [0, 0.1) is 5.92 Å². The number of nitrogens with zero attached hydrogens (tertiary/aromatic N) is 1. The molecular weight excluding hydrogens is 416 g/mol. The van der Waals surface area contributed by atoms with Crippen LogP contribution in [0.2, 0.25) is 0 Å². The number of aliphatic carboxylic acids is 1. The van der Waals surface area contributed by atoms with E-state index in [-0.39, 0.29) is 12.2 Å². The second kappa shape index (κ2) is 9.74. The van der Waals surface area contributed by atoms with Crippen LogP contribution in [0.15, 0.2) is 42.5 Å². The average molecular weight is 453 g/mol. The van der Waals surface area contributed by atoms with Gasteiger partial charge in [0.15, 0.2) is 0 Å². The Morgan fingerprint density at radius 3 is 2.67 bits per heavy atom. The highest BCUT2D eigenvalue weighted by molar-refractivity contribution is 5.73. The minimum Gasteiger partial charge on any atom is -0.508 e. The maximum absolute atomic E-state index is 10.4. The number of benzene rings is 2. The predicted molar refractivity (Wildman–Crippen MR) is 129 cm³/mol. The fraction of sp³-hybridized carbons (Fsp3) is 0.519. The van der Waals surface area contributed by atoms with E-state index in [0.717, 1.165) is 23.3 Å². The molecule has 6 nitrogen and oxygen atoms in total. The number of nitrogens with two attached hydrogens (primary N) is 1. The number of carboxylic acid groups (broad SMARTS) is 1. The summed E-state index contributed by atoms with van der Waals surface area (Å²) in [5.74, 6) is 1.05. The highest BCUT2D eigenvalue weighted by Gasteiger charge is 2.53. The molecule has 5 rings (SSSR count). The maximum atomic E-state index is 10.4. The molecule has 0 spiro atoms. The van der Waals surface area contributed by atoms with Gasteiger partial charge in [-0.25, -0.2) is 0 Å². The van der Waals surface area contributed by atoms with Gasteiger partial charge in [0, 0.05) is 11.5 Å². The Hall–Kier alpha value is -2.57. The van der Waals surface area contributed by atoms with E-state index in [2.05, 4.69) is 30.1 Å². The molecule has 2 fully saturated rings. The molecule has 1 aliphatic heterocycles. The molecule has 4 N–H and O–H groups in total. The molecule has 0 amide bonds. The van der Waals surface area contributed by atoms with Crippen molar-refractivity contribution in [2.24, 2.45) is 11.7 Å². The van der Waals surface area contributed by atoms with Crippen LogP contribution in [0.1, 0.15) is 48.8 Å². The molecule has 1 saturated carbocycles. The molecule has 1 unspecified atom stereocenters. The highest BCUT2D eigenvalue weighted by Crippen LogP contribution is 2.55. The van der Waals surface area contributed by atoms with E-state index in [1.54, 1.807) is 30.4 Å². The Balaban J connectivity index is 0.000000174. The van der Waals surface area contributed by atoms with E-state index in [1.807, 2.05) is 0 Å². The molecule has 178 valence electrons. The first kappa shape index (κ1) is 23.6. The van der Waals surface area contributed by atoms with Gasteiger partial charge in [0.25, 0.3) is 0 Å². The van der Waals surface area contributed by atoms with Crippen LogP contribution in [0.4, 0.5) is 0 Å². The Labute approximate surface area is 196 Å². The summed E-state index contributed by atoms with van der Waals surface area (Å²) >= 11 is 0. The van der Waals surface area contributed by atoms with E-state index in [0.29, 0.717) is 5.41 Å². The first-order valence-corrected chi connectivity index (χ1v) is 12.0. The van der Waals surface area contributed by atoms with Crippen molar-refractivity contribution in [3.63, 3.8) is 0 Å². The number of methoxy groups -OCH3 is 1. The van der Waals surface area contributed by atoms with Gasteiger partial charge < -0.3 is 25.6 Å². The van der Waals surface area contributed by atoms with Gasteiger partial charge in [-0.2, -0.15) is 0 Å². The summed E-state index contributed by atoms with van der Waals surface area (Å²) in [5.41, 5.74) is 9.79. The van der Waals surface area contributed by atoms with Gasteiger partial charge in [0.2, 0.25) is 0 Å². The van der Waals surface area contributed by atoms with Crippen molar-refractivity contribution in [2.45, 2.75) is 62.4 Å². The molecule has 2 aliphatic carbocycles. The molecule has 6 heteroatoms. The minimum absolute atomic E-state index is 0.160. The Morgan fingerprint density at radius 1 is 1.21 bits per heavy atom. The van der Waals surface area contributed by atoms with Crippen molar-refractivity contribution in [2.75, 3.05) is 20.7 Å².